The van der Waals surface area contributed by atoms with E-state index in [4.69, 9.17) is 0 Å². The maximum Gasteiger partial charge on any atom is 0.239 e. The fourth-order valence-corrected chi connectivity index (χ4v) is 3.03. The Kier molecular flexibility index (Phi) is 6.09. The second-order valence-electron chi connectivity index (χ2n) is 8.52. The maximum atomic E-state index is 13.0. The summed E-state index contributed by atoms with van der Waals surface area (Å²) in [5.74, 6) is -0.513. The molecule has 0 radical (unpaired) electrons. The lowest BCUT2D eigenvalue weighted by Crippen LogP contribution is -2.45. The number of hydrogen-bond acceptors (Lipinski definition) is 2. The van der Waals surface area contributed by atoms with Gasteiger partial charge in [0.15, 0.2) is 0 Å². The second kappa shape index (κ2) is 7.95. The van der Waals surface area contributed by atoms with Gasteiger partial charge in [-0.25, -0.2) is 0 Å². The van der Waals surface area contributed by atoms with Crippen molar-refractivity contribution in [2.75, 3.05) is 12.4 Å². The molecule has 0 aliphatic heterocycles. The summed E-state index contributed by atoms with van der Waals surface area (Å²) in [6, 6.07) is 17.5. The lowest BCUT2D eigenvalue weighted by Gasteiger charge is -2.30. The minimum Gasteiger partial charge on any atom is -0.341 e. The molecule has 2 aromatic carbocycles. The number of nitrogens with one attached hydrogen (secondary N) is 1. The van der Waals surface area contributed by atoms with Crippen molar-refractivity contribution in [2.24, 2.45) is 5.41 Å². The summed E-state index contributed by atoms with van der Waals surface area (Å²) in [6.45, 7) is 10.1. The van der Waals surface area contributed by atoms with Gasteiger partial charge < -0.3 is 10.2 Å². The van der Waals surface area contributed by atoms with Gasteiger partial charge in [0, 0.05) is 19.3 Å². The first-order valence-corrected chi connectivity index (χ1v) is 9.24. The minimum atomic E-state index is -1.17. The van der Waals surface area contributed by atoms with E-state index >= 15 is 0 Å². The zero-order valence-corrected chi connectivity index (χ0v) is 17.2. The molecule has 0 heterocycles. The quantitative estimate of drug-likeness (QED) is 0.786. The van der Waals surface area contributed by atoms with E-state index in [-0.39, 0.29) is 17.2 Å². The highest BCUT2D eigenvalue weighted by molar-refractivity contribution is 6.10. The highest BCUT2D eigenvalue weighted by Gasteiger charge is 2.38. The van der Waals surface area contributed by atoms with E-state index in [0.717, 1.165) is 16.8 Å². The van der Waals surface area contributed by atoms with Crippen LogP contribution in [0.25, 0.3) is 0 Å². The van der Waals surface area contributed by atoms with Crippen LogP contribution in [0, 0.1) is 5.41 Å². The van der Waals surface area contributed by atoms with Crippen LogP contribution in [0.3, 0.4) is 0 Å². The molecule has 144 valence electrons. The third kappa shape index (κ3) is 4.97. The van der Waals surface area contributed by atoms with Gasteiger partial charge in [-0.05, 0) is 36.5 Å². The molecule has 0 spiro atoms. The van der Waals surface area contributed by atoms with Gasteiger partial charge in [0.25, 0.3) is 0 Å². The normalized spacial score (nSPS) is 11.8. The topological polar surface area (TPSA) is 49.4 Å². The Hall–Kier alpha value is -2.62. The van der Waals surface area contributed by atoms with E-state index in [1.165, 1.54) is 0 Å². The molecular weight excluding hydrogens is 336 g/mol. The van der Waals surface area contributed by atoms with Gasteiger partial charge in [-0.15, -0.1) is 0 Å². The Labute approximate surface area is 162 Å². The Balaban J connectivity index is 2.16. The molecule has 0 aliphatic carbocycles. The number of rotatable bonds is 5. The van der Waals surface area contributed by atoms with Gasteiger partial charge in [-0.2, -0.15) is 0 Å². The average Bonchev–Trinajstić information content (AvgIpc) is 2.61. The van der Waals surface area contributed by atoms with Crippen LogP contribution in [0.4, 0.5) is 5.69 Å². The Morgan fingerprint density at radius 2 is 1.44 bits per heavy atom. The van der Waals surface area contributed by atoms with Crippen molar-refractivity contribution in [1.82, 2.24) is 4.90 Å². The van der Waals surface area contributed by atoms with Crippen LogP contribution < -0.4 is 5.32 Å². The van der Waals surface area contributed by atoms with Gasteiger partial charge in [0.1, 0.15) is 5.41 Å². The summed E-state index contributed by atoms with van der Waals surface area (Å²) in [6.07, 6.45) is 0. The van der Waals surface area contributed by atoms with E-state index in [1.807, 2.05) is 54.6 Å². The van der Waals surface area contributed by atoms with Gasteiger partial charge in [0.2, 0.25) is 11.8 Å². The standard InChI is InChI=1S/C23H30N2O2/c1-22(2,3)18-14-10-11-15-19(18)24-20(26)23(4,5)21(27)25(6)16-17-12-8-7-9-13-17/h7-15H,16H2,1-6H3,(H,24,26). The molecule has 4 nitrogen and oxygen atoms in total. The van der Waals surface area contributed by atoms with Crippen molar-refractivity contribution in [1.29, 1.82) is 0 Å². The Morgan fingerprint density at radius 3 is 2.04 bits per heavy atom. The molecule has 4 heteroatoms. The summed E-state index contributed by atoms with van der Waals surface area (Å²) in [7, 11) is 1.73. The first-order valence-electron chi connectivity index (χ1n) is 9.24. The van der Waals surface area contributed by atoms with Gasteiger partial charge in [-0.3, -0.25) is 9.59 Å². The largest absolute Gasteiger partial charge is 0.341 e. The highest BCUT2D eigenvalue weighted by atomic mass is 16.2. The van der Waals surface area contributed by atoms with E-state index < -0.39 is 5.41 Å². The van der Waals surface area contributed by atoms with Gasteiger partial charge >= 0.3 is 0 Å². The number of hydrogen-bond donors (Lipinski definition) is 1. The van der Waals surface area contributed by atoms with E-state index in [2.05, 4.69) is 26.1 Å². The average molecular weight is 367 g/mol. The van der Waals surface area contributed by atoms with Crippen LogP contribution in [0.1, 0.15) is 45.7 Å². The molecule has 0 fully saturated rings. The number of benzene rings is 2. The van der Waals surface area contributed by atoms with Crippen molar-refractivity contribution in [2.45, 2.75) is 46.6 Å². The predicted octanol–water partition coefficient (Wildman–Crippen LogP) is 4.61. The van der Waals surface area contributed by atoms with Crippen molar-refractivity contribution < 1.29 is 9.59 Å². The fourth-order valence-electron chi connectivity index (χ4n) is 3.03. The molecule has 0 saturated carbocycles. The van der Waals surface area contributed by atoms with Gasteiger partial charge in [0.05, 0.1) is 0 Å². The molecular formula is C23H30N2O2. The van der Waals surface area contributed by atoms with Crippen LogP contribution >= 0.6 is 0 Å². The highest BCUT2D eigenvalue weighted by Crippen LogP contribution is 2.31. The summed E-state index contributed by atoms with van der Waals surface area (Å²) >= 11 is 0. The lowest BCUT2D eigenvalue weighted by atomic mass is 9.85. The van der Waals surface area contributed by atoms with Crippen LogP contribution in [0.5, 0.6) is 0 Å². The predicted molar refractivity (Wildman–Crippen MR) is 110 cm³/mol. The number of amides is 2. The van der Waals surface area contributed by atoms with Crippen LogP contribution in [-0.2, 0) is 21.5 Å². The minimum absolute atomic E-state index is 0.109. The third-order valence-electron chi connectivity index (χ3n) is 4.69. The Bertz CT molecular complexity index is 805. The first kappa shape index (κ1) is 20.7. The summed E-state index contributed by atoms with van der Waals surface area (Å²) in [5.41, 5.74) is 1.54. The Morgan fingerprint density at radius 1 is 0.889 bits per heavy atom. The fraction of sp³-hybridized carbons (Fsp3) is 0.391. The molecule has 0 aliphatic rings. The summed E-state index contributed by atoms with van der Waals surface area (Å²) < 4.78 is 0. The second-order valence-corrected chi connectivity index (χ2v) is 8.52. The van der Waals surface area contributed by atoms with E-state index in [1.54, 1.807) is 25.8 Å². The molecule has 0 aromatic heterocycles. The molecule has 0 unspecified atom stereocenters. The molecule has 2 rings (SSSR count). The summed E-state index contributed by atoms with van der Waals surface area (Å²) in [4.78, 5) is 27.5. The molecule has 1 N–H and O–H groups in total. The number of anilines is 1. The van der Waals surface area contributed by atoms with E-state index in [0.29, 0.717) is 6.54 Å². The zero-order valence-electron chi connectivity index (χ0n) is 17.2. The zero-order chi connectivity index (χ0) is 20.2. The molecule has 2 aromatic rings. The molecule has 0 atom stereocenters. The smallest absolute Gasteiger partial charge is 0.239 e. The SMILES string of the molecule is CN(Cc1ccccc1)C(=O)C(C)(C)C(=O)Nc1ccccc1C(C)(C)C. The lowest BCUT2D eigenvalue weighted by molar-refractivity contribution is -0.145. The molecule has 0 saturated heterocycles. The van der Waals surface area contributed by atoms with Crippen molar-refractivity contribution >= 4 is 17.5 Å². The van der Waals surface area contributed by atoms with E-state index in [9.17, 15) is 9.59 Å². The monoisotopic (exact) mass is 366 g/mol. The van der Waals surface area contributed by atoms with Gasteiger partial charge in [-0.1, -0.05) is 69.3 Å². The number of carbonyl (C=O) groups is 2. The van der Waals surface area contributed by atoms with Crippen LogP contribution in [0.15, 0.2) is 54.6 Å². The molecule has 0 bridgehead atoms. The van der Waals surface area contributed by atoms with Crippen LogP contribution in [-0.4, -0.2) is 23.8 Å². The number of nitrogens with zero attached hydrogens (tertiary/aromatic N) is 1. The molecule has 27 heavy (non-hydrogen) atoms. The van der Waals surface area contributed by atoms with Crippen molar-refractivity contribution in [3.8, 4) is 0 Å². The van der Waals surface area contributed by atoms with Crippen molar-refractivity contribution in [3.63, 3.8) is 0 Å². The molecule has 2 amide bonds. The first-order chi connectivity index (χ1) is 12.5. The summed E-state index contributed by atoms with van der Waals surface area (Å²) in [5, 5.41) is 2.97. The number of carbonyl (C=O) groups excluding carboxylic acids is 2. The third-order valence-corrected chi connectivity index (χ3v) is 4.69. The number of para-hydroxylation sites is 1. The van der Waals surface area contributed by atoms with Crippen molar-refractivity contribution in [3.05, 3.63) is 65.7 Å². The van der Waals surface area contributed by atoms with Crippen LogP contribution in [0.2, 0.25) is 0 Å². The maximum absolute atomic E-state index is 13.0.